The van der Waals surface area contributed by atoms with E-state index >= 15 is 0 Å². The summed E-state index contributed by atoms with van der Waals surface area (Å²) < 4.78 is 95.5. The van der Waals surface area contributed by atoms with Gasteiger partial charge in [0.05, 0.1) is 29.6 Å². The van der Waals surface area contributed by atoms with E-state index in [0.717, 1.165) is 0 Å². The molecule has 0 aliphatic rings. The highest BCUT2D eigenvalue weighted by atomic mass is 79.9. The number of rotatable bonds is 1. The summed E-state index contributed by atoms with van der Waals surface area (Å²) in [5, 5.41) is 0. The third-order valence-corrected chi connectivity index (χ3v) is 0.652. The summed E-state index contributed by atoms with van der Waals surface area (Å²) in [4.78, 5) is 0. The highest BCUT2D eigenvalue weighted by molar-refractivity contribution is 9.79. The lowest BCUT2D eigenvalue weighted by atomic mass is 10.3. The van der Waals surface area contributed by atoms with Crippen molar-refractivity contribution in [1.82, 2.24) is 0 Å². The molecule has 0 bridgehead atoms. The van der Waals surface area contributed by atoms with E-state index in [1.165, 1.54) is 0 Å². The molecule has 0 heterocycles. The lowest BCUT2D eigenvalue weighted by Crippen LogP contribution is -2.42. The molecule has 0 fully saturated rings. The van der Waals surface area contributed by atoms with Crippen molar-refractivity contribution in [1.29, 1.82) is 0 Å². The van der Waals surface area contributed by atoms with Crippen molar-refractivity contribution in [2.24, 2.45) is 0 Å². The fourth-order valence-corrected chi connectivity index (χ4v) is 0.124. The van der Waals surface area contributed by atoms with Gasteiger partial charge in [0.25, 0.3) is 6.70 Å². The molecule has 12 heteroatoms. The topological polar surface area (TPSA) is 34.1 Å². The average Bonchev–Trinajstić information content (AvgIpc) is 1.79. The molecule has 0 radical (unpaired) electrons. The number of alkyl halides is 7. The Bertz CT molecular complexity index is 275. The second-order valence-corrected chi connectivity index (χ2v) is 10.3. The predicted molar refractivity (Wildman–Crippen MR) is 43.8 cm³/mol. The lowest BCUT2D eigenvalue weighted by Gasteiger charge is -2.17. The van der Waals surface area contributed by atoms with E-state index in [1.54, 1.807) is 0 Å². The number of hydrogen-bond donors (Lipinski definition) is 0. The zero-order valence-electron chi connectivity index (χ0n) is 6.20. The van der Waals surface area contributed by atoms with Crippen molar-refractivity contribution in [3.63, 3.8) is 0 Å². The van der Waals surface area contributed by atoms with Crippen molar-refractivity contribution < 1.29 is 39.2 Å². The van der Waals surface area contributed by atoms with Gasteiger partial charge in [0.15, 0.2) is 0 Å². The highest BCUT2D eigenvalue weighted by Gasteiger charge is 2.64. The molecule has 0 amide bonds. The molecule has 15 heavy (non-hydrogen) atoms. The summed E-state index contributed by atoms with van der Waals surface area (Å²) in [5.74, 6) is -5.90. The molecule has 0 aliphatic carbocycles. The van der Waals surface area contributed by atoms with E-state index in [9.17, 15) is 39.2 Å². The van der Waals surface area contributed by atoms with Crippen molar-refractivity contribution in [2.45, 2.75) is 18.5 Å². The fraction of sp³-hybridized carbons (Fsp3) is 1.00. The van der Waals surface area contributed by atoms with Crippen LogP contribution in [-0.2, 0) is 6.70 Å². The fourth-order valence-electron chi connectivity index (χ4n) is 0.124. The van der Waals surface area contributed by atoms with Gasteiger partial charge in [0, 0.05) is 0 Å². The van der Waals surface area contributed by atoms with Crippen LogP contribution in [0.4, 0.5) is 30.7 Å². The van der Waals surface area contributed by atoms with Crippen LogP contribution in [0.2, 0.25) is 0 Å². The Morgan fingerprint density at radius 1 is 0.933 bits per heavy atom. The molecule has 0 saturated heterocycles. The Balaban J connectivity index is 0. The summed E-state index contributed by atoms with van der Waals surface area (Å²) >= 11 is 4.53. The zero-order chi connectivity index (χ0) is 13.1. The zero-order valence-corrected chi connectivity index (χ0v) is 10.2. The Hall–Kier alpha value is 0.420. The van der Waals surface area contributed by atoms with Crippen LogP contribution in [0.15, 0.2) is 0 Å². The molecule has 0 aromatic rings. The minimum absolute atomic E-state index is 2.26. The van der Waals surface area contributed by atoms with Gasteiger partial charge in [-0.2, -0.15) is 22.0 Å². The van der Waals surface area contributed by atoms with E-state index in [4.69, 9.17) is 0 Å². The second kappa shape index (κ2) is 5.66. The van der Waals surface area contributed by atoms with Gasteiger partial charge < -0.3 is 0 Å². The quantitative estimate of drug-likeness (QED) is 0.505. The third kappa shape index (κ3) is 9.35. The van der Waals surface area contributed by atoms with Gasteiger partial charge in [0.1, 0.15) is 0 Å². The van der Waals surface area contributed by atoms with E-state index in [1.807, 2.05) is 0 Å². The smallest absolute Gasteiger partial charge is 0.205 e. The van der Waals surface area contributed by atoms with Crippen LogP contribution in [0, 0.1) is 0 Å². The maximum atomic E-state index is 11.2. The largest absolute Gasteiger partial charge is 0.459 e. The SMILES string of the molecule is FC(F)C(F)(F)C(F)(F)F.O=S(=O)(Br)Br. The van der Waals surface area contributed by atoms with Crippen LogP contribution in [0.1, 0.15) is 0 Å². The van der Waals surface area contributed by atoms with Crippen LogP contribution in [0.25, 0.3) is 0 Å². The van der Waals surface area contributed by atoms with Crippen LogP contribution in [-0.4, -0.2) is 26.9 Å². The predicted octanol–water partition coefficient (Wildman–Crippen LogP) is 3.47. The first kappa shape index (κ1) is 17.8. The molecule has 0 N–H and O–H groups in total. The second-order valence-electron chi connectivity index (χ2n) is 1.80. The first-order valence-corrected chi connectivity index (χ1v) is 7.73. The summed E-state index contributed by atoms with van der Waals surface area (Å²) in [6, 6.07) is 0. The van der Waals surface area contributed by atoms with E-state index < -0.39 is 25.2 Å². The minimum Gasteiger partial charge on any atom is -0.205 e. The molecule has 0 rings (SSSR count). The number of halogens is 9. The van der Waals surface area contributed by atoms with Crippen molar-refractivity contribution >= 4 is 36.3 Å². The Morgan fingerprint density at radius 3 is 1.13 bits per heavy atom. The van der Waals surface area contributed by atoms with Gasteiger partial charge in [-0.1, -0.05) is 0 Å². The first-order valence-electron chi connectivity index (χ1n) is 2.56. The summed E-state index contributed by atoms with van der Waals surface area (Å²) in [5.41, 5.74) is 0. The summed E-state index contributed by atoms with van der Waals surface area (Å²) in [6.07, 6.45) is -10.9. The molecule has 94 valence electrons. The Kier molecular flexibility index (Phi) is 6.72. The molecule has 0 saturated carbocycles. The van der Waals surface area contributed by atoms with Crippen molar-refractivity contribution in [3.05, 3.63) is 0 Å². The van der Waals surface area contributed by atoms with Gasteiger partial charge >= 0.3 is 18.5 Å². The molecular weight excluding hydrogens is 393 g/mol. The third-order valence-electron chi connectivity index (χ3n) is 0.652. The molecule has 0 unspecified atom stereocenters. The molecule has 0 aliphatic heterocycles. The van der Waals surface area contributed by atoms with Crippen molar-refractivity contribution in [3.8, 4) is 0 Å². The Morgan fingerprint density at radius 2 is 1.13 bits per heavy atom. The summed E-state index contributed by atoms with van der Waals surface area (Å²) in [6.45, 7) is -3.04. The number of hydrogen-bond acceptors (Lipinski definition) is 2. The van der Waals surface area contributed by atoms with E-state index in [0.29, 0.717) is 0 Å². The molecule has 0 atom stereocenters. The maximum absolute atomic E-state index is 11.2. The highest BCUT2D eigenvalue weighted by Crippen LogP contribution is 2.39. The molecule has 0 aromatic carbocycles. The monoisotopic (exact) mass is 392 g/mol. The molecule has 0 aromatic heterocycles. The van der Waals surface area contributed by atoms with Gasteiger partial charge in [-0.05, 0) is 0 Å². The van der Waals surface area contributed by atoms with E-state index in [2.05, 4.69) is 29.6 Å². The van der Waals surface area contributed by atoms with Gasteiger partial charge in [-0.15, -0.1) is 0 Å². The van der Waals surface area contributed by atoms with Crippen LogP contribution in [0.3, 0.4) is 0 Å². The maximum Gasteiger partial charge on any atom is 0.459 e. The normalized spacial score (nSPS) is 13.5. The van der Waals surface area contributed by atoms with Crippen LogP contribution < -0.4 is 0 Å². The van der Waals surface area contributed by atoms with Gasteiger partial charge in [-0.25, -0.2) is 17.2 Å². The molecule has 0 spiro atoms. The van der Waals surface area contributed by atoms with Crippen molar-refractivity contribution in [2.75, 3.05) is 0 Å². The molecule has 2 nitrogen and oxygen atoms in total. The lowest BCUT2D eigenvalue weighted by molar-refractivity contribution is -0.320. The van der Waals surface area contributed by atoms with Crippen LogP contribution >= 0.6 is 29.6 Å². The van der Waals surface area contributed by atoms with Gasteiger partial charge in [-0.3, -0.25) is 0 Å². The summed E-state index contributed by atoms with van der Waals surface area (Å²) in [7, 11) is 0. The van der Waals surface area contributed by atoms with E-state index in [-0.39, 0.29) is 0 Å². The Labute approximate surface area is 94.1 Å². The average molecular weight is 394 g/mol. The van der Waals surface area contributed by atoms with Crippen LogP contribution in [0.5, 0.6) is 0 Å². The molecular formula is C3HBr2F7O2S. The standard InChI is InChI=1S/C3HF7.Br2O2S/c4-1(5)2(6,7)3(8,9)10;1-5(2,3)4/h1H;. The minimum atomic E-state index is -6.17. The van der Waals surface area contributed by atoms with Gasteiger partial charge in [0.2, 0.25) is 0 Å². The first-order chi connectivity index (χ1) is 6.19.